The summed E-state index contributed by atoms with van der Waals surface area (Å²) < 4.78 is 2.34. The third-order valence-electron chi connectivity index (χ3n) is 5.52. The Kier molecular flexibility index (Phi) is 5.64. The van der Waals surface area contributed by atoms with Gasteiger partial charge in [-0.3, -0.25) is 4.79 Å². The minimum atomic E-state index is 0.0185. The number of para-hydroxylation sites is 2. The van der Waals surface area contributed by atoms with Gasteiger partial charge in [0.1, 0.15) is 5.82 Å². The molecular weight excluding hydrogens is 334 g/mol. The van der Waals surface area contributed by atoms with Gasteiger partial charge in [0.05, 0.1) is 11.0 Å². The number of fused-ring (bicyclic) bond motifs is 1. The summed E-state index contributed by atoms with van der Waals surface area (Å²) in [6.45, 7) is 11.9. The van der Waals surface area contributed by atoms with Crippen molar-refractivity contribution in [2.24, 2.45) is 0 Å². The number of carbonyl (C=O) groups is 1. The van der Waals surface area contributed by atoms with Crippen LogP contribution in [0.5, 0.6) is 0 Å². The van der Waals surface area contributed by atoms with Crippen molar-refractivity contribution >= 4 is 16.9 Å². The zero-order valence-electron chi connectivity index (χ0n) is 17.0. The Bertz CT molecular complexity index is 959. The fraction of sp³-hybridized carbons (Fsp3) is 0.391. The van der Waals surface area contributed by atoms with Crippen molar-refractivity contribution in [3.63, 3.8) is 0 Å². The predicted octanol–water partition coefficient (Wildman–Crippen LogP) is 4.39. The fourth-order valence-corrected chi connectivity index (χ4v) is 3.70. The van der Waals surface area contributed by atoms with Crippen molar-refractivity contribution in [2.45, 2.75) is 54.0 Å². The lowest BCUT2D eigenvalue weighted by Gasteiger charge is -2.18. The van der Waals surface area contributed by atoms with E-state index in [1.54, 1.807) is 6.92 Å². The Morgan fingerprint density at radius 2 is 1.74 bits per heavy atom. The lowest BCUT2D eigenvalue weighted by molar-refractivity contribution is -0.118. The van der Waals surface area contributed by atoms with Crippen molar-refractivity contribution < 1.29 is 4.79 Å². The maximum atomic E-state index is 11.1. The van der Waals surface area contributed by atoms with Gasteiger partial charge in [-0.05, 0) is 74.1 Å². The van der Waals surface area contributed by atoms with E-state index in [0.29, 0.717) is 6.54 Å². The quantitative estimate of drug-likeness (QED) is 0.660. The SMILES string of the molecule is CC(=O)NCCCc1nc2ccccc2n1Cc1c(C)c(C)cc(C)c1C. The lowest BCUT2D eigenvalue weighted by atomic mass is 9.94. The number of hydrogen-bond donors (Lipinski definition) is 1. The van der Waals surface area contributed by atoms with Crippen molar-refractivity contribution in [2.75, 3.05) is 6.54 Å². The first kappa shape index (κ1) is 19.2. The van der Waals surface area contributed by atoms with E-state index in [1.807, 2.05) is 6.07 Å². The highest BCUT2D eigenvalue weighted by Gasteiger charge is 2.15. The minimum Gasteiger partial charge on any atom is -0.356 e. The predicted molar refractivity (Wildman–Crippen MR) is 111 cm³/mol. The van der Waals surface area contributed by atoms with Crippen LogP contribution in [-0.2, 0) is 17.8 Å². The molecule has 0 bridgehead atoms. The highest BCUT2D eigenvalue weighted by Crippen LogP contribution is 2.25. The molecular formula is C23H29N3O. The van der Waals surface area contributed by atoms with Gasteiger partial charge in [-0.25, -0.2) is 4.98 Å². The standard InChI is InChI=1S/C23H29N3O/c1-15-13-16(2)18(4)20(17(15)3)14-26-22-10-7-6-9-21(22)25-23(26)11-8-12-24-19(5)27/h6-7,9-10,13H,8,11-12,14H2,1-5H3,(H,24,27). The van der Waals surface area contributed by atoms with Gasteiger partial charge in [0, 0.05) is 26.4 Å². The number of hydrogen-bond acceptors (Lipinski definition) is 2. The van der Waals surface area contributed by atoms with Crippen LogP contribution in [0.2, 0.25) is 0 Å². The fourth-order valence-electron chi connectivity index (χ4n) is 3.70. The number of amides is 1. The van der Waals surface area contributed by atoms with E-state index in [0.717, 1.165) is 30.7 Å². The van der Waals surface area contributed by atoms with Crippen LogP contribution in [-0.4, -0.2) is 22.0 Å². The molecule has 27 heavy (non-hydrogen) atoms. The molecule has 4 heteroatoms. The number of carbonyl (C=O) groups excluding carboxylic acids is 1. The van der Waals surface area contributed by atoms with Gasteiger partial charge in [-0.2, -0.15) is 0 Å². The first-order valence-corrected chi connectivity index (χ1v) is 9.63. The third kappa shape index (κ3) is 4.05. The van der Waals surface area contributed by atoms with Crippen LogP contribution < -0.4 is 5.32 Å². The second-order valence-corrected chi connectivity index (χ2v) is 7.43. The monoisotopic (exact) mass is 363 g/mol. The van der Waals surface area contributed by atoms with Crippen molar-refractivity contribution in [1.82, 2.24) is 14.9 Å². The molecule has 0 unspecified atom stereocenters. The number of aryl methyl sites for hydroxylation is 3. The number of benzene rings is 2. The molecule has 1 N–H and O–H groups in total. The molecule has 0 atom stereocenters. The van der Waals surface area contributed by atoms with Crippen LogP contribution in [0.4, 0.5) is 0 Å². The van der Waals surface area contributed by atoms with Gasteiger partial charge >= 0.3 is 0 Å². The summed E-state index contributed by atoms with van der Waals surface area (Å²) in [7, 11) is 0. The van der Waals surface area contributed by atoms with Crippen molar-refractivity contribution in [1.29, 1.82) is 0 Å². The lowest BCUT2D eigenvalue weighted by Crippen LogP contribution is -2.21. The largest absolute Gasteiger partial charge is 0.356 e. The minimum absolute atomic E-state index is 0.0185. The Morgan fingerprint density at radius 3 is 2.41 bits per heavy atom. The van der Waals surface area contributed by atoms with Gasteiger partial charge in [-0.1, -0.05) is 18.2 Å². The molecule has 0 fully saturated rings. The van der Waals surface area contributed by atoms with E-state index < -0.39 is 0 Å². The zero-order chi connectivity index (χ0) is 19.6. The number of aromatic nitrogens is 2. The maximum absolute atomic E-state index is 11.1. The summed E-state index contributed by atoms with van der Waals surface area (Å²) in [4.78, 5) is 16.0. The van der Waals surface area contributed by atoms with E-state index in [2.05, 4.69) is 61.8 Å². The summed E-state index contributed by atoms with van der Waals surface area (Å²) in [5, 5.41) is 2.88. The third-order valence-corrected chi connectivity index (χ3v) is 5.52. The molecule has 0 aliphatic heterocycles. The Hall–Kier alpha value is -2.62. The van der Waals surface area contributed by atoms with Crippen LogP contribution in [0.25, 0.3) is 11.0 Å². The Balaban J connectivity index is 1.98. The first-order valence-electron chi connectivity index (χ1n) is 9.63. The summed E-state index contributed by atoms with van der Waals surface area (Å²) in [6, 6.07) is 10.6. The van der Waals surface area contributed by atoms with Gasteiger partial charge in [0.2, 0.25) is 5.91 Å². The summed E-state index contributed by atoms with van der Waals surface area (Å²) in [5.74, 6) is 1.10. The zero-order valence-corrected chi connectivity index (χ0v) is 17.0. The molecule has 1 amide bonds. The molecule has 0 saturated carbocycles. The summed E-state index contributed by atoms with van der Waals surface area (Å²) in [5.41, 5.74) is 8.99. The van der Waals surface area contributed by atoms with Gasteiger partial charge in [0.15, 0.2) is 0 Å². The van der Waals surface area contributed by atoms with E-state index in [-0.39, 0.29) is 5.91 Å². The van der Waals surface area contributed by atoms with Gasteiger partial charge in [0.25, 0.3) is 0 Å². The molecule has 1 heterocycles. The Morgan fingerprint density at radius 1 is 1.07 bits per heavy atom. The topological polar surface area (TPSA) is 46.9 Å². The summed E-state index contributed by atoms with van der Waals surface area (Å²) >= 11 is 0. The highest BCUT2D eigenvalue weighted by molar-refractivity contribution is 5.76. The molecule has 3 rings (SSSR count). The van der Waals surface area contributed by atoms with Crippen molar-refractivity contribution in [3.8, 4) is 0 Å². The number of rotatable bonds is 6. The van der Waals surface area contributed by atoms with Crippen LogP contribution >= 0.6 is 0 Å². The van der Waals surface area contributed by atoms with Gasteiger partial charge < -0.3 is 9.88 Å². The molecule has 0 aliphatic carbocycles. The molecule has 142 valence electrons. The highest BCUT2D eigenvalue weighted by atomic mass is 16.1. The number of nitrogens with zero attached hydrogens (tertiary/aromatic N) is 2. The smallest absolute Gasteiger partial charge is 0.216 e. The average molecular weight is 364 g/mol. The van der Waals surface area contributed by atoms with Crippen molar-refractivity contribution in [3.05, 3.63) is 64.0 Å². The van der Waals surface area contributed by atoms with E-state index in [4.69, 9.17) is 4.98 Å². The normalized spacial score (nSPS) is 11.1. The van der Waals surface area contributed by atoms with E-state index >= 15 is 0 Å². The first-order chi connectivity index (χ1) is 12.9. The second kappa shape index (κ2) is 7.95. The average Bonchev–Trinajstić information content (AvgIpc) is 2.98. The van der Waals surface area contributed by atoms with Crippen LogP contribution in [0.3, 0.4) is 0 Å². The molecule has 3 aromatic rings. The van der Waals surface area contributed by atoms with E-state index in [1.165, 1.54) is 33.3 Å². The molecule has 0 aliphatic rings. The van der Waals surface area contributed by atoms with E-state index in [9.17, 15) is 4.79 Å². The van der Waals surface area contributed by atoms with Gasteiger partial charge in [-0.15, -0.1) is 0 Å². The van der Waals surface area contributed by atoms with Crippen LogP contribution in [0, 0.1) is 27.7 Å². The molecule has 4 nitrogen and oxygen atoms in total. The molecule has 1 aromatic heterocycles. The molecule has 0 radical (unpaired) electrons. The molecule has 0 saturated heterocycles. The Labute approximate surface area is 161 Å². The molecule has 0 spiro atoms. The number of nitrogens with one attached hydrogen (secondary N) is 1. The molecule has 2 aromatic carbocycles. The number of imidazole rings is 1. The maximum Gasteiger partial charge on any atom is 0.216 e. The second-order valence-electron chi connectivity index (χ2n) is 7.43. The van der Waals surface area contributed by atoms with Crippen LogP contribution in [0.15, 0.2) is 30.3 Å². The summed E-state index contributed by atoms with van der Waals surface area (Å²) in [6.07, 6.45) is 1.73. The van der Waals surface area contributed by atoms with Crippen LogP contribution in [0.1, 0.15) is 47.0 Å².